The Balaban J connectivity index is 1.33. The highest BCUT2D eigenvalue weighted by molar-refractivity contribution is 7.18. The number of nitrogens with one attached hydrogen (secondary N) is 1. The summed E-state index contributed by atoms with van der Waals surface area (Å²) in [5.74, 6) is 1.15. The van der Waals surface area contributed by atoms with Gasteiger partial charge in [-0.05, 0) is 56.1 Å². The van der Waals surface area contributed by atoms with Gasteiger partial charge < -0.3 is 10.1 Å². The first-order valence-electron chi connectivity index (χ1n) is 9.16. The second-order valence-electron chi connectivity index (χ2n) is 7.38. The number of Topliss-reactive ketones (excluding diaryl/α,β-unsaturated/α-hetero) is 1. The Kier molecular flexibility index (Phi) is 6.35. The summed E-state index contributed by atoms with van der Waals surface area (Å²) >= 11 is 6.98. The normalized spacial score (nSPS) is 25.1. The molecule has 3 rings (SSSR count). The summed E-state index contributed by atoms with van der Waals surface area (Å²) in [4.78, 5) is 36.2. The highest BCUT2D eigenvalue weighted by Crippen LogP contribution is 2.49. The number of rotatable bonds is 8. The molecule has 1 N–H and O–H groups in total. The van der Waals surface area contributed by atoms with Crippen LogP contribution in [0.2, 0.25) is 4.34 Å². The van der Waals surface area contributed by atoms with Crippen molar-refractivity contribution >= 4 is 40.6 Å². The fourth-order valence-electron chi connectivity index (χ4n) is 4.33. The smallest absolute Gasteiger partial charge is 0.306 e. The van der Waals surface area contributed by atoms with E-state index in [9.17, 15) is 14.4 Å². The van der Waals surface area contributed by atoms with Crippen LogP contribution >= 0.6 is 22.9 Å². The minimum Gasteiger partial charge on any atom is -0.456 e. The van der Waals surface area contributed by atoms with Gasteiger partial charge in [0.05, 0.1) is 15.6 Å². The van der Waals surface area contributed by atoms with Crippen LogP contribution in [0.1, 0.15) is 55.1 Å². The molecular formula is C19H24ClNO4S. The lowest BCUT2D eigenvalue weighted by Crippen LogP contribution is -2.42. The maximum atomic E-state index is 12.0. The number of esters is 1. The predicted octanol–water partition coefficient (Wildman–Crippen LogP) is 3.85. The van der Waals surface area contributed by atoms with Crippen molar-refractivity contribution in [2.24, 2.45) is 17.8 Å². The van der Waals surface area contributed by atoms with E-state index in [0.29, 0.717) is 15.1 Å². The zero-order valence-corrected chi connectivity index (χ0v) is 16.4. The van der Waals surface area contributed by atoms with Crippen molar-refractivity contribution < 1.29 is 19.1 Å². The molecule has 2 fully saturated rings. The van der Waals surface area contributed by atoms with Crippen LogP contribution in [0.25, 0.3) is 0 Å². The molecule has 5 nitrogen and oxygen atoms in total. The van der Waals surface area contributed by atoms with E-state index in [4.69, 9.17) is 16.3 Å². The molecule has 1 heterocycles. The molecule has 2 aliphatic carbocycles. The third kappa shape index (κ3) is 4.86. The molecule has 0 saturated heterocycles. The number of carbonyl (C=O) groups is 3. The molecule has 4 atom stereocenters. The van der Waals surface area contributed by atoms with Gasteiger partial charge in [0.2, 0.25) is 0 Å². The Morgan fingerprint density at radius 1 is 1.27 bits per heavy atom. The topological polar surface area (TPSA) is 72.5 Å². The first-order chi connectivity index (χ1) is 12.4. The van der Waals surface area contributed by atoms with Crippen molar-refractivity contribution in [1.29, 1.82) is 0 Å². The van der Waals surface area contributed by atoms with Crippen LogP contribution in [-0.4, -0.2) is 30.3 Å². The molecule has 0 aliphatic heterocycles. The van der Waals surface area contributed by atoms with E-state index in [-0.39, 0.29) is 37.2 Å². The Morgan fingerprint density at radius 3 is 2.69 bits per heavy atom. The number of hydrogen-bond acceptors (Lipinski definition) is 5. The van der Waals surface area contributed by atoms with E-state index in [1.54, 1.807) is 12.1 Å². The summed E-state index contributed by atoms with van der Waals surface area (Å²) in [6, 6.07) is 3.41. The van der Waals surface area contributed by atoms with Gasteiger partial charge in [0, 0.05) is 12.5 Å². The standard InChI is InChI=1S/C19H24ClNO4S/c1-11(14-9-12-2-3-13(14)8-12)21-18(23)10-25-19(24)7-4-15(22)16-5-6-17(20)26-16/h5-6,11-14H,2-4,7-10H2,1H3,(H,21,23). The number of ether oxygens (including phenoxy) is 1. The molecular weight excluding hydrogens is 374 g/mol. The van der Waals surface area contributed by atoms with Gasteiger partial charge in [-0.2, -0.15) is 0 Å². The van der Waals surface area contributed by atoms with Crippen LogP contribution in [0.3, 0.4) is 0 Å². The van der Waals surface area contributed by atoms with Crippen LogP contribution in [-0.2, 0) is 14.3 Å². The summed E-state index contributed by atoms with van der Waals surface area (Å²) in [5, 5.41) is 2.96. The van der Waals surface area contributed by atoms with Crippen molar-refractivity contribution in [3.05, 3.63) is 21.3 Å². The molecule has 0 radical (unpaired) electrons. The highest BCUT2D eigenvalue weighted by atomic mass is 35.5. The number of carbonyl (C=O) groups excluding carboxylic acids is 3. The molecule has 2 saturated carbocycles. The van der Waals surface area contributed by atoms with Gasteiger partial charge in [0.25, 0.3) is 5.91 Å². The average molecular weight is 398 g/mol. The molecule has 142 valence electrons. The molecule has 0 aromatic carbocycles. The summed E-state index contributed by atoms with van der Waals surface area (Å²) in [6.07, 6.45) is 5.11. The lowest BCUT2D eigenvalue weighted by atomic mass is 9.84. The van der Waals surface area contributed by atoms with Crippen molar-refractivity contribution in [3.8, 4) is 0 Å². The summed E-state index contributed by atoms with van der Waals surface area (Å²) in [6.45, 7) is 1.75. The minimum absolute atomic E-state index is 0.0381. The average Bonchev–Trinajstić information content (AvgIpc) is 3.34. The molecule has 1 aromatic rings. The van der Waals surface area contributed by atoms with Gasteiger partial charge in [-0.15, -0.1) is 11.3 Å². The second kappa shape index (κ2) is 8.53. The molecule has 0 spiro atoms. The Morgan fingerprint density at radius 2 is 2.08 bits per heavy atom. The van der Waals surface area contributed by atoms with Crippen LogP contribution in [0.4, 0.5) is 0 Å². The lowest BCUT2D eigenvalue weighted by molar-refractivity contribution is -0.148. The van der Waals surface area contributed by atoms with Gasteiger partial charge in [-0.1, -0.05) is 18.0 Å². The molecule has 2 bridgehead atoms. The maximum absolute atomic E-state index is 12.0. The maximum Gasteiger partial charge on any atom is 0.306 e. The summed E-state index contributed by atoms with van der Waals surface area (Å²) < 4.78 is 5.53. The van der Waals surface area contributed by atoms with Crippen LogP contribution < -0.4 is 5.32 Å². The van der Waals surface area contributed by atoms with E-state index in [2.05, 4.69) is 5.32 Å². The van der Waals surface area contributed by atoms with Crippen molar-refractivity contribution in [3.63, 3.8) is 0 Å². The fourth-order valence-corrected chi connectivity index (χ4v) is 5.34. The largest absolute Gasteiger partial charge is 0.456 e. The van der Waals surface area contributed by atoms with E-state index in [0.717, 1.165) is 11.8 Å². The van der Waals surface area contributed by atoms with Crippen molar-refractivity contribution in [2.45, 2.75) is 51.5 Å². The van der Waals surface area contributed by atoms with Crippen LogP contribution in [0.5, 0.6) is 0 Å². The molecule has 1 amide bonds. The second-order valence-corrected chi connectivity index (χ2v) is 9.10. The van der Waals surface area contributed by atoms with Gasteiger partial charge in [0.15, 0.2) is 12.4 Å². The molecule has 26 heavy (non-hydrogen) atoms. The monoisotopic (exact) mass is 397 g/mol. The fraction of sp³-hybridized carbons (Fsp3) is 0.632. The van der Waals surface area contributed by atoms with Crippen LogP contribution in [0.15, 0.2) is 12.1 Å². The van der Waals surface area contributed by atoms with Crippen molar-refractivity contribution in [2.75, 3.05) is 6.61 Å². The number of ketones is 1. The molecule has 2 aliphatic rings. The van der Waals surface area contributed by atoms with Gasteiger partial charge in [-0.25, -0.2) is 0 Å². The highest BCUT2D eigenvalue weighted by Gasteiger charge is 2.42. The summed E-state index contributed by atoms with van der Waals surface area (Å²) in [5.41, 5.74) is 0. The number of hydrogen-bond donors (Lipinski definition) is 1. The quantitative estimate of drug-likeness (QED) is 0.534. The molecule has 4 unspecified atom stereocenters. The number of thiophene rings is 1. The Labute approximate surface area is 162 Å². The SMILES string of the molecule is CC(NC(=O)COC(=O)CCC(=O)c1ccc(Cl)s1)C1CC2CCC1C2. The van der Waals surface area contributed by atoms with Crippen molar-refractivity contribution in [1.82, 2.24) is 5.32 Å². The zero-order valence-electron chi connectivity index (χ0n) is 14.8. The number of halogens is 1. The minimum atomic E-state index is -0.538. The predicted molar refractivity (Wildman–Crippen MR) is 100 cm³/mol. The Hall–Kier alpha value is -1.40. The molecule has 7 heteroatoms. The van der Waals surface area contributed by atoms with Gasteiger partial charge in [-0.3, -0.25) is 14.4 Å². The first kappa shape index (κ1) is 19.4. The van der Waals surface area contributed by atoms with E-state index < -0.39 is 5.97 Å². The first-order valence-corrected chi connectivity index (χ1v) is 10.4. The Bertz CT molecular complexity index is 689. The zero-order chi connectivity index (χ0) is 18.7. The number of amides is 1. The van der Waals surface area contributed by atoms with E-state index >= 15 is 0 Å². The van der Waals surface area contributed by atoms with E-state index in [1.807, 2.05) is 6.92 Å². The van der Waals surface area contributed by atoms with Gasteiger partial charge >= 0.3 is 5.97 Å². The third-order valence-electron chi connectivity index (χ3n) is 5.59. The van der Waals surface area contributed by atoms with Gasteiger partial charge in [0.1, 0.15) is 0 Å². The number of fused-ring (bicyclic) bond motifs is 2. The third-order valence-corrected chi connectivity index (χ3v) is 6.86. The van der Waals surface area contributed by atoms with E-state index in [1.165, 1.54) is 37.0 Å². The van der Waals surface area contributed by atoms with Crippen LogP contribution in [0, 0.1) is 17.8 Å². The summed E-state index contributed by atoms with van der Waals surface area (Å²) in [7, 11) is 0. The molecule has 1 aromatic heterocycles. The lowest BCUT2D eigenvalue weighted by Gasteiger charge is -2.28.